The Morgan fingerprint density at radius 1 is 0.824 bits per heavy atom. The van der Waals surface area contributed by atoms with Crippen LogP contribution in [0.3, 0.4) is 0 Å². The second kappa shape index (κ2) is 11.5. The number of amides is 2. The number of halogens is 2. The van der Waals surface area contributed by atoms with Gasteiger partial charge in [0.1, 0.15) is 6.04 Å². The molecule has 0 saturated carbocycles. The Morgan fingerprint density at radius 3 is 1.97 bits per heavy atom. The highest BCUT2D eigenvalue weighted by molar-refractivity contribution is 6.42. The van der Waals surface area contributed by atoms with Crippen LogP contribution in [0.5, 0.6) is 0 Å². The summed E-state index contributed by atoms with van der Waals surface area (Å²) in [6.45, 7) is 6.12. The summed E-state index contributed by atoms with van der Waals surface area (Å²) in [5.41, 5.74) is 2.24. The predicted octanol–water partition coefficient (Wildman–Crippen LogP) is 6.09. The van der Waals surface area contributed by atoms with Gasteiger partial charge in [-0.15, -0.1) is 0 Å². The molecule has 0 saturated heterocycles. The zero-order valence-corrected chi connectivity index (χ0v) is 21.2. The van der Waals surface area contributed by atoms with E-state index >= 15 is 0 Å². The zero-order chi connectivity index (χ0) is 24.7. The first kappa shape index (κ1) is 25.8. The van der Waals surface area contributed by atoms with Crippen LogP contribution in [0.25, 0.3) is 0 Å². The van der Waals surface area contributed by atoms with E-state index in [1.165, 1.54) is 0 Å². The van der Waals surface area contributed by atoms with Crippen molar-refractivity contribution in [3.8, 4) is 0 Å². The summed E-state index contributed by atoms with van der Waals surface area (Å²) in [4.78, 5) is 28.9. The number of hydrogen-bond acceptors (Lipinski definition) is 2. The van der Waals surface area contributed by atoms with Gasteiger partial charge in [0.15, 0.2) is 0 Å². The van der Waals surface area contributed by atoms with Gasteiger partial charge in [-0.3, -0.25) is 9.59 Å². The van der Waals surface area contributed by atoms with Crippen LogP contribution < -0.4 is 5.32 Å². The molecule has 0 spiro atoms. The summed E-state index contributed by atoms with van der Waals surface area (Å²) >= 11 is 12.2. The maximum atomic E-state index is 13.7. The maximum Gasteiger partial charge on any atom is 0.243 e. The van der Waals surface area contributed by atoms with Crippen LogP contribution in [-0.2, 0) is 29.0 Å². The third-order valence-corrected chi connectivity index (χ3v) is 6.04. The smallest absolute Gasteiger partial charge is 0.243 e. The lowest BCUT2D eigenvalue weighted by molar-refractivity contribution is -0.141. The first-order chi connectivity index (χ1) is 16.1. The third kappa shape index (κ3) is 7.61. The molecule has 3 aromatic rings. The third-order valence-electron chi connectivity index (χ3n) is 5.30. The van der Waals surface area contributed by atoms with Gasteiger partial charge in [0, 0.05) is 18.5 Å². The average molecular weight is 497 g/mol. The Hall–Kier alpha value is -2.82. The first-order valence-corrected chi connectivity index (χ1v) is 12.0. The molecule has 34 heavy (non-hydrogen) atoms. The number of carbonyl (C=O) groups is 2. The van der Waals surface area contributed by atoms with Gasteiger partial charge < -0.3 is 10.2 Å². The van der Waals surface area contributed by atoms with Gasteiger partial charge in [0.2, 0.25) is 11.8 Å². The van der Waals surface area contributed by atoms with E-state index in [9.17, 15) is 9.59 Å². The fourth-order valence-corrected chi connectivity index (χ4v) is 4.03. The van der Waals surface area contributed by atoms with Crippen LogP contribution in [0.4, 0.5) is 0 Å². The minimum absolute atomic E-state index is 0.109. The quantitative estimate of drug-likeness (QED) is 0.410. The predicted molar refractivity (Wildman–Crippen MR) is 139 cm³/mol. The second-order valence-corrected chi connectivity index (χ2v) is 10.2. The molecule has 3 aromatic carbocycles. The van der Waals surface area contributed by atoms with Crippen LogP contribution >= 0.6 is 23.2 Å². The minimum Gasteiger partial charge on any atom is -0.350 e. The van der Waals surface area contributed by atoms with Crippen molar-refractivity contribution < 1.29 is 9.59 Å². The SMILES string of the molecule is CC(C)(C)NC(=O)C(Cc1ccccc1)N(Cc1ccccc1)C(=O)Cc1ccc(Cl)c(Cl)c1. The van der Waals surface area contributed by atoms with Crippen molar-refractivity contribution in [3.63, 3.8) is 0 Å². The normalized spacial score (nSPS) is 12.1. The molecule has 0 heterocycles. The molecule has 3 rings (SSSR count). The van der Waals surface area contributed by atoms with Crippen LogP contribution in [0.15, 0.2) is 78.9 Å². The van der Waals surface area contributed by atoms with E-state index in [2.05, 4.69) is 5.32 Å². The molecule has 1 atom stereocenters. The lowest BCUT2D eigenvalue weighted by Crippen LogP contribution is -2.54. The summed E-state index contributed by atoms with van der Waals surface area (Å²) in [5.74, 6) is -0.345. The molecule has 0 aliphatic rings. The van der Waals surface area contributed by atoms with Gasteiger partial charge in [-0.05, 0) is 49.6 Å². The second-order valence-electron chi connectivity index (χ2n) is 9.38. The maximum absolute atomic E-state index is 13.7. The van der Waals surface area contributed by atoms with Gasteiger partial charge in [0.25, 0.3) is 0 Å². The van der Waals surface area contributed by atoms with Gasteiger partial charge in [-0.25, -0.2) is 0 Å². The zero-order valence-electron chi connectivity index (χ0n) is 19.7. The van der Waals surface area contributed by atoms with Crippen LogP contribution in [0.2, 0.25) is 10.0 Å². The molecule has 1 N–H and O–H groups in total. The Bertz CT molecular complexity index is 1110. The van der Waals surface area contributed by atoms with Crippen LogP contribution in [0.1, 0.15) is 37.5 Å². The van der Waals surface area contributed by atoms with E-state index in [0.29, 0.717) is 23.0 Å². The highest BCUT2D eigenvalue weighted by atomic mass is 35.5. The summed E-state index contributed by atoms with van der Waals surface area (Å²) in [6.07, 6.45) is 0.514. The van der Waals surface area contributed by atoms with Crippen LogP contribution in [-0.4, -0.2) is 28.3 Å². The topological polar surface area (TPSA) is 49.4 Å². The Kier molecular flexibility index (Phi) is 8.76. The summed E-state index contributed by atoms with van der Waals surface area (Å²) < 4.78 is 0. The molecule has 0 bridgehead atoms. The standard InChI is InChI=1S/C28H30Cl2N2O2/c1-28(2,3)31-27(34)25(17-20-10-6-4-7-11-20)32(19-21-12-8-5-9-13-21)26(33)18-22-14-15-23(29)24(30)16-22/h4-16,25H,17-19H2,1-3H3,(H,31,34). The molecule has 0 fully saturated rings. The summed E-state index contributed by atoms with van der Waals surface area (Å²) in [6, 6.07) is 23.9. The monoisotopic (exact) mass is 496 g/mol. The lowest BCUT2D eigenvalue weighted by Gasteiger charge is -2.34. The fourth-order valence-electron chi connectivity index (χ4n) is 3.71. The van der Waals surface area contributed by atoms with Gasteiger partial charge in [0.05, 0.1) is 16.5 Å². The Morgan fingerprint density at radius 2 is 1.41 bits per heavy atom. The van der Waals surface area contributed by atoms with E-state index in [4.69, 9.17) is 23.2 Å². The van der Waals surface area contributed by atoms with E-state index in [-0.39, 0.29) is 18.2 Å². The fraction of sp³-hybridized carbons (Fsp3) is 0.286. The van der Waals surface area contributed by atoms with Gasteiger partial charge in [-0.2, -0.15) is 0 Å². The molecule has 0 aromatic heterocycles. The molecule has 4 nitrogen and oxygen atoms in total. The average Bonchev–Trinajstić information content (AvgIpc) is 2.79. The van der Waals surface area contributed by atoms with Crippen molar-refractivity contribution >= 4 is 35.0 Å². The van der Waals surface area contributed by atoms with E-state index in [1.807, 2.05) is 81.4 Å². The summed E-state index contributed by atoms with van der Waals surface area (Å²) in [5, 5.41) is 3.90. The number of rotatable bonds is 8. The minimum atomic E-state index is -0.683. The van der Waals surface area contributed by atoms with Crippen molar-refractivity contribution in [1.82, 2.24) is 10.2 Å². The highest BCUT2D eigenvalue weighted by Gasteiger charge is 2.32. The number of carbonyl (C=O) groups excluding carboxylic acids is 2. The molecule has 6 heteroatoms. The van der Waals surface area contributed by atoms with E-state index in [0.717, 1.165) is 16.7 Å². The number of hydrogen-bond donors (Lipinski definition) is 1. The van der Waals surface area contributed by atoms with Gasteiger partial charge in [-0.1, -0.05) is 89.9 Å². The lowest BCUT2D eigenvalue weighted by atomic mass is 10.00. The molecule has 0 radical (unpaired) electrons. The largest absolute Gasteiger partial charge is 0.350 e. The molecule has 178 valence electrons. The Labute approximate surface area is 211 Å². The highest BCUT2D eigenvalue weighted by Crippen LogP contribution is 2.24. The molecule has 0 aliphatic carbocycles. The molecular formula is C28H30Cl2N2O2. The van der Waals surface area contributed by atoms with Crippen LogP contribution in [0, 0.1) is 0 Å². The van der Waals surface area contributed by atoms with Crippen molar-refractivity contribution in [1.29, 1.82) is 0 Å². The molecule has 1 unspecified atom stereocenters. The Balaban J connectivity index is 1.97. The number of nitrogens with one attached hydrogen (secondary N) is 1. The van der Waals surface area contributed by atoms with E-state index < -0.39 is 11.6 Å². The van der Waals surface area contributed by atoms with Crippen molar-refractivity contribution in [2.75, 3.05) is 0 Å². The molecular weight excluding hydrogens is 467 g/mol. The first-order valence-electron chi connectivity index (χ1n) is 11.3. The number of benzene rings is 3. The molecule has 0 aliphatic heterocycles. The molecule has 2 amide bonds. The summed E-state index contributed by atoms with van der Waals surface area (Å²) in [7, 11) is 0. The van der Waals surface area contributed by atoms with Gasteiger partial charge >= 0.3 is 0 Å². The van der Waals surface area contributed by atoms with Crippen molar-refractivity contribution in [2.45, 2.75) is 51.7 Å². The van der Waals surface area contributed by atoms with Crippen molar-refractivity contribution in [2.24, 2.45) is 0 Å². The number of nitrogens with zero attached hydrogens (tertiary/aromatic N) is 1. The van der Waals surface area contributed by atoms with E-state index in [1.54, 1.807) is 23.1 Å². The van der Waals surface area contributed by atoms with Crippen molar-refractivity contribution in [3.05, 3.63) is 106 Å².